The highest BCUT2D eigenvalue weighted by atomic mass is 19.1. The Labute approximate surface area is 120 Å². The van der Waals surface area contributed by atoms with E-state index in [4.69, 9.17) is 10.3 Å². The molecule has 3 N–H and O–H groups in total. The Morgan fingerprint density at radius 3 is 2.95 bits per heavy atom. The minimum atomic E-state index is -0.655. The van der Waals surface area contributed by atoms with Crippen molar-refractivity contribution < 1.29 is 13.7 Å². The predicted octanol–water partition coefficient (Wildman–Crippen LogP) is 0.757. The van der Waals surface area contributed by atoms with Crippen LogP contribution < -0.4 is 11.1 Å². The van der Waals surface area contributed by atoms with Gasteiger partial charge in [-0.25, -0.2) is 4.39 Å². The van der Waals surface area contributed by atoms with Crippen molar-refractivity contribution in [3.63, 3.8) is 0 Å². The van der Waals surface area contributed by atoms with E-state index >= 15 is 0 Å². The summed E-state index contributed by atoms with van der Waals surface area (Å²) in [4.78, 5) is 15.8. The number of hydrogen-bond acceptors (Lipinski definition) is 5. The normalized spacial score (nSPS) is 9.86. The van der Waals surface area contributed by atoms with Crippen molar-refractivity contribution in [3.05, 3.63) is 46.9 Å². The van der Waals surface area contributed by atoms with Crippen LogP contribution in [0.5, 0.6) is 0 Å². The molecule has 0 aliphatic rings. The predicted molar refractivity (Wildman–Crippen MR) is 72.5 cm³/mol. The molecule has 0 aliphatic carbocycles. The number of rotatable bonds is 3. The maximum atomic E-state index is 13.8. The van der Waals surface area contributed by atoms with Crippen molar-refractivity contribution in [3.8, 4) is 11.8 Å². The van der Waals surface area contributed by atoms with Crippen LogP contribution in [-0.4, -0.2) is 22.6 Å². The van der Waals surface area contributed by atoms with Crippen molar-refractivity contribution in [1.29, 1.82) is 0 Å². The summed E-state index contributed by atoms with van der Waals surface area (Å²) in [5.74, 6) is 4.80. The zero-order chi connectivity index (χ0) is 15.2. The van der Waals surface area contributed by atoms with E-state index in [1.165, 1.54) is 12.1 Å². The highest BCUT2D eigenvalue weighted by molar-refractivity contribution is 5.94. The summed E-state index contributed by atoms with van der Waals surface area (Å²) in [5.41, 5.74) is 5.62. The zero-order valence-electron chi connectivity index (χ0n) is 11.3. The van der Waals surface area contributed by atoms with Gasteiger partial charge in [-0.15, -0.1) is 0 Å². The van der Waals surface area contributed by atoms with Gasteiger partial charge in [0.1, 0.15) is 5.82 Å². The van der Waals surface area contributed by atoms with Crippen LogP contribution in [0.1, 0.15) is 27.6 Å². The van der Waals surface area contributed by atoms with Gasteiger partial charge in [0.15, 0.2) is 5.82 Å². The van der Waals surface area contributed by atoms with Gasteiger partial charge in [0.2, 0.25) is 5.89 Å². The summed E-state index contributed by atoms with van der Waals surface area (Å²) in [5, 5.41) is 6.09. The Bertz CT molecular complexity index is 715. The van der Waals surface area contributed by atoms with Crippen LogP contribution in [0.3, 0.4) is 0 Å². The lowest BCUT2D eigenvalue weighted by molar-refractivity contribution is 0.0942. The fourth-order valence-corrected chi connectivity index (χ4v) is 1.59. The van der Waals surface area contributed by atoms with Crippen LogP contribution in [0.25, 0.3) is 0 Å². The van der Waals surface area contributed by atoms with E-state index in [0.29, 0.717) is 11.4 Å². The maximum Gasteiger partial charge on any atom is 0.254 e. The molecule has 0 unspecified atom stereocenters. The molecule has 7 heteroatoms. The number of halogens is 1. The average Bonchev–Trinajstić information content (AvgIpc) is 2.88. The number of nitrogens with zero attached hydrogens (tertiary/aromatic N) is 2. The number of carbonyl (C=O) groups excluding carboxylic acids is 1. The molecule has 1 amide bonds. The third kappa shape index (κ3) is 3.87. The second-order valence-electron chi connectivity index (χ2n) is 4.12. The molecular formula is C14H13FN4O2. The number of nitrogens with two attached hydrogens (primary N) is 1. The van der Waals surface area contributed by atoms with Crippen LogP contribution >= 0.6 is 0 Å². The molecule has 0 bridgehead atoms. The molecule has 2 aromatic rings. The molecule has 0 saturated heterocycles. The summed E-state index contributed by atoms with van der Waals surface area (Å²) in [7, 11) is 0. The molecule has 0 aliphatic heterocycles. The smallest absolute Gasteiger partial charge is 0.254 e. The summed E-state index contributed by atoms with van der Waals surface area (Å²) in [6.45, 7) is 1.89. The lowest BCUT2D eigenvalue weighted by atomic mass is 10.1. The first kappa shape index (κ1) is 14.7. The third-order valence-corrected chi connectivity index (χ3v) is 2.52. The minimum absolute atomic E-state index is 0.0356. The molecule has 108 valence electrons. The molecule has 0 saturated carbocycles. The quantitative estimate of drug-likeness (QED) is 0.813. The van der Waals surface area contributed by atoms with Crippen LogP contribution in [0.15, 0.2) is 22.7 Å². The van der Waals surface area contributed by atoms with Gasteiger partial charge < -0.3 is 15.6 Å². The van der Waals surface area contributed by atoms with E-state index < -0.39 is 11.7 Å². The van der Waals surface area contributed by atoms with E-state index in [2.05, 4.69) is 27.3 Å². The van der Waals surface area contributed by atoms with Crippen molar-refractivity contribution in [2.45, 2.75) is 13.5 Å². The number of aromatic nitrogens is 2. The molecule has 2 rings (SSSR count). The van der Waals surface area contributed by atoms with Gasteiger partial charge >= 0.3 is 0 Å². The Morgan fingerprint density at radius 1 is 1.52 bits per heavy atom. The SMILES string of the molecule is Cc1noc(CNC(=O)c2ccc(C#CCN)cc2F)n1. The number of carbonyl (C=O) groups is 1. The lowest BCUT2D eigenvalue weighted by Gasteiger charge is -2.04. The van der Waals surface area contributed by atoms with E-state index in [-0.39, 0.29) is 24.5 Å². The second-order valence-corrected chi connectivity index (χ2v) is 4.12. The van der Waals surface area contributed by atoms with Crippen LogP contribution in [0.4, 0.5) is 4.39 Å². The molecule has 1 aromatic carbocycles. The van der Waals surface area contributed by atoms with Gasteiger partial charge in [0, 0.05) is 5.56 Å². The van der Waals surface area contributed by atoms with Gasteiger partial charge in [0.05, 0.1) is 18.7 Å². The number of amides is 1. The summed E-state index contributed by atoms with van der Waals surface area (Å²) in [6, 6.07) is 4.11. The standard InChI is InChI=1S/C14H13FN4O2/c1-9-18-13(21-19-9)8-17-14(20)11-5-4-10(3-2-6-16)7-12(11)15/h4-5,7H,6,8,16H2,1H3,(H,17,20). The van der Waals surface area contributed by atoms with Gasteiger partial charge in [0.25, 0.3) is 5.91 Å². The second kappa shape index (κ2) is 6.63. The lowest BCUT2D eigenvalue weighted by Crippen LogP contribution is -2.24. The molecule has 0 spiro atoms. The first-order valence-corrected chi connectivity index (χ1v) is 6.16. The first-order valence-electron chi connectivity index (χ1n) is 6.16. The van der Waals surface area contributed by atoms with Gasteiger partial charge in [-0.2, -0.15) is 4.98 Å². The summed E-state index contributed by atoms with van der Waals surface area (Å²) in [6.07, 6.45) is 0. The fraction of sp³-hybridized carbons (Fsp3) is 0.214. The third-order valence-electron chi connectivity index (χ3n) is 2.52. The number of aryl methyl sites for hydroxylation is 1. The number of hydrogen-bond donors (Lipinski definition) is 2. The summed E-state index contributed by atoms with van der Waals surface area (Å²) < 4.78 is 18.7. The number of benzene rings is 1. The van der Waals surface area contributed by atoms with Crippen LogP contribution in [0, 0.1) is 24.6 Å². The molecule has 0 atom stereocenters. The van der Waals surface area contributed by atoms with E-state index in [1.807, 2.05) is 0 Å². The Hall–Kier alpha value is -2.72. The van der Waals surface area contributed by atoms with Crippen LogP contribution in [-0.2, 0) is 6.54 Å². The maximum absolute atomic E-state index is 13.8. The highest BCUT2D eigenvalue weighted by Gasteiger charge is 2.13. The Balaban J connectivity index is 2.05. The van der Waals surface area contributed by atoms with Gasteiger partial charge in [-0.1, -0.05) is 17.0 Å². The number of nitrogens with one attached hydrogen (secondary N) is 1. The molecule has 21 heavy (non-hydrogen) atoms. The zero-order valence-corrected chi connectivity index (χ0v) is 11.3. The van der Waals surface area contributed by atoms with E-state index in [9.17, 15) is 9.18 Å². The van der Waals surface area contributed by atoms with Crippen molar-refractivity contribution in [1.82, 2.24) is 15.5 Å². The van der Waals surface area contributed by atoms with Crippen molar-refractivity contribution in [2.75, 3.05) is 6.54 Å². The largest absolute Gasteiger partial charge is 0.343 e. The average molecular weight is 288 g/mol. The van der Waals surface area contributed by atoms with Gasteiger partial charge in [-0.05, 0) is 25.1 Å². The monoisotopic (exact) mass is 288 g/mol. The molecule has 0 fully saturated rings. The summed E-state index contributed by atoms with van der Waals surface area (Å²) >= 11 is 0. The first-order chi connectivity index (χ1) is 10.1. The van der Waals surface area contributed by atoms with Crippen LogP contribution in [0.2, 0.25) is 0 Å². The Kier molecular flexibility index (Phi) is 4.64. The molecule has 0 radical (unpaired) electrons. The van der Waals surface area contributed by atoms with Crippen molar-refractivity contribution in [2.24, 2.45) is 5.73 Å². The molecule has 6 nitrogen and oxygen atoms in total. The van der Waals surface area contributed by atoms with E-state index in [1.54, 1.807) is 13.0 Å². The Morgan fingerprint density at radius 2 is 2.33 bits per heavy atom. The van der Waals surface area contributed by atoms with E-state index in [0.717, 1.165) is 0 Å². The molecular weight excluding hydrogens is 275 g/mol. The van der Waals surface area contributed by atoms with Crippen molar-refractivity contribution >= 4 is 5.91 Å². The molecule has 1 aromatic heterocycles. The highest BCUT2D eigenvalue weighted by Crippen LogP contribution is 2.10. The molecule has 1 heterocycles. The fourth-order valence-electron chi connectivity index (χ4n) is 1.59. The minimum Gasteiger partial charge on any atom is -0.343 e. The topological polar surface area (TPSA) is 94.0 Å². The van der Waals surface area contributed by atoms with Gasteiger partial charge in [-0.3, -0.25) is 4.79 Å².